The SMILES string of the molecule is CC(N)c1ccccc1C1=CCCCC1. The van der Waals surface area contributed by atoms with Crippen molar-refractivity contribution in [2.75, 3.05) is 0 Å². The molecule has 0 heterocycles. The maximum absolute atomic E-state index is 5.99. The Bertz CT molecular complexity index is 363. The highest BCUT2D eigenvalue weighted by molar-refractivity contribution is 5.69. The zero-order valence-electron chi connectivity index (χ0n) is 9.37. The molecular weight excluding hydrogens is 182 g/mol. The summed E-state index contributed by atoms with van der Waals surface area (Å²) < 4.78 is 0. The van der Waals surface area contributed by atoms with Crippen LogP contribution >= 0.6 is 0 Å². The molecule has 1 aromatic rings. The van der Waals surface area contributed by atoms with Crippen molar-refractivity contribution < 1.29 is 0 Å². The third-order valence-electron chi connectivity index (χ3n) is 3.09. The summed E-state index contributed by atoms with van der Waals surface area (Å²) >= 11 is 0. The summed E-state index contributed by atoms with van der Waals surface area (Å²) in [5, 5.41) is 0. The number of hydrogen-bond donors (Lipinski definition) is 1. The molecule has 0 spiro atoms. The second-order valence-corrected chi connectivity index (χ2v) is 4.35. The normalized spacial score (nSPS) is 18.4. The first-order chi connectivity index (χ1) is 7.29. The summed E-state index contributed by atoms with van der Waals surface area (Å²) in [5.41, 5.74) is 10.1. The van der Waals surface area contributed by atoms with Crippen LogP contribution in [0.15, 0.2) is 30.3 Å². The van der Waals surface area contributed by atoms with Crippen LogP contribution in [0.5, 0.6) is 0 Å². The van der Waals surface area contributed by atoms with E-state index in [4.69, 9.17) is 5.73 Å². The van der Waals surface area contributed by atoms with Crippen molar-refractivity contribution in [1.82, 2.24) is 0 Å². The van der Waals surface area contributed by atoms with Crippen LogP contribution in [-0.4, -0.2) is 0 Å². The van der Waals surface area contributed by atoms with Crippen LogP contribution in [-0.2, 0) is 0 Å². The van der Waals surface area contributed by atoms with Gasteiger partial charge >= 0.3 is 0 Å². The zero-order valence-corrected chi connectivity index (χ0v) is 9.37. The van der Waals surface area contributed by atoms with E-state index in [9.17, 15) is 0 Å². The molecular formula is C14H19N. The van der Waals surface area contributed by atoms with Gasteiger partial charge in [-0.05, 0) is 49.3 Å². The van der Waals surface area contributed by atoms with Gasteiger partial charge in [-0.15, -0.1) is 0 Å². The molecule has 0 saturated heterocycles. The summed E-state index contributed by atoms with van der Waals surface area (Å²) in [6.45, 7) is 2.06. The lowest BCUT2D eigenvalue weighted by atomic mass is 9.89. The van der Waals surface area contributed by atoms with Crippen molar-refractivity contribution in [2.24, 2.45) is 5.73 Å². The maximum atomic E-state index is 5.99. The lowest BCUT2D eigenvalue weighted by molar-refractivity contribution is 0.738. The highest BCUT2D eigenvalue weighted by Crippen LogP contribution is 2.30. The molecule has 1 aliphatic rings. The smallest absolute Gasteiger partial charge is 0.0272 e. The van der Waals surface area contributed by atoms with Crippen molar-refractivity contribution in [2.45, 2.75) is 38.6 Å². The predicted octanol–water partition coefficient (Wildman–Crippen LogP) is 3.66. The van der Waals surface area contributed by atoms with Gasteiger partial charge in [-0.1, -0.05) is 30.3 Å². The number of nitrogens with two attached hydrogens (primary N) is 1. The number of benzene rings is 1. The second kappa shape index (κ2) is 4.63. The second-order valence-electron chi connectivity index (χ2n) is 4.35. The third-order valence-corrected chi connectivity index (χ3v) is 3.09. The fourth-order valence-electron chi connectivity index (χ4n) is 2.27. The maximum Gasteiger partial charge on any atom is 0.0272 e. The molecule has 15 heavy (non-hydrogen) atoms. The molecule has 0 aliphatic heterocycles. The Balaban J connectivity index is 2.38. The molecule has 1 heteroatoms. The van der Waals surface area contributed by atoms with E-state index in [2.05, 4.69) is 37.3 Å². The lowest BCUT2D eigenvalue weighted by Crippen LogP contribution is -2.08. The first-order valence-corrected chi connectivity index (χ1v) is 5.83. The molecule has 0 saturated carbocycles. The summed E-state index contributed by atoms with van der Waals surface area (Å²) in [5.74, 6) is 0. The molecule has 80 valence electrons. The summed E-state index contributed by atoms with van der Waals surface area (Å²) in [6.07, 6.45) is 7.47. The van der Waals surface area contributed by atoms with Gasteiger partial charge in [0.05, 0.1) is 0 Å². The van der Waals surface area contributed by atoms with Gasteiger partial charge in [0.2, 0.25) is 0 Å². The van der Waals surface area contributed by atoms with Crippen LogP contribution in [0.1, 0.15) is 49.8 Å². The van der Waals surface area contributed by atoms with Gasteiger partial charge < -0.3 is 5.73 Å². The first-order valence-electron chi connectivity index (χ1n) is 5.83. The van der Waals surface area contributed by atoms with Gasteiger partial charge in [-0.2, -0.15) is 0 Å². The molecule has 1 atom stereocenters. The molecule has 0 bridgehead atoms. The van der Waals surface area contributed by atoms with Crippen LogP contribution in [0.3, 0.4) is 0 Å². The van der Waals surface area contributed by atoms with E-state index in [1.165, 1.54) is 42.4 Å². The quantitative estimate of drug-likeness (QED) is 0.776. The Hall–Kier alpha value is -1.08. The molecule has 0 aromatic heterocycles. The molecule has 1 aromatic carbocycles. The Labute approximate surface area is 92.0 Å². The average molecular weight is 201 g/mol. The van der Waals surface area contributed by atoms with E-state index >= 15 is 0 Å². The van der Waals surface area contributed by atoms with E-state index in [1.807, 2.05) is 0 Å². The van der Waals surface area contributed by atoms with Crippen molar-refractivity contribution in [1.29, 1.82) is 0 Å². The molecule has 0 radical (unpaired) electrons. The Morgan fingerprint density at radius 1 is 1.20 bits per heavy atom. The fourth-order valence-corrected chi connectivity index (χ4v) is 2.27. The van der Waals surface area contributed by atoms with Crippen LogP contribution in [0.25, 0.3) is 5.57 Å². The Kier molecular flexibility index (Phi) is 3.22. The van der Waals surface area contributed by atoms with Gasteiger partial charge in [0.1, 0.15) is 0 Å². The first kappa shape index (κ1) is 10.4. The highest BCUT2D eigenvalue weighted by Gasteiger charge is 2.11. The third kappa shape index (κ3) is 2.29. The number of rotatable bonds is 2. The molecule has 1 unspecified atom stereocenters. The van der Waals surface area contributed by atoms with Gasteiger partial charge in [0.25, 0.3) is 0 Å². The lowest BCUT2D eigenvalue weighted by Gasteiger charge is -2.18. The minimum atomic E-state index is 0.129. The van der Waals surface area contributed by atoms with Crippen molar-refractivity contribution in [3.05, 3.63) is 41.5 Å². The van der Waals surface area contributed by atoms with E-state index in [-0.39, 0.29) is 6.04 Å². The summed E-state index contributed by atoms with van der Waals surface area (Å²) in [6, 6.07) is 8.66. The monoisotopic (exact) mass is 201 g/mol. The van der Waals surface area contributed by atoms with Gasteiger partial charge in [0, 0.05) is 6.04 Å². The van der Waals surface area contributed by atoms with Gasteiger partial charge in [-0.3, -0.25) is 0 Å². The van der Waals surface area contributed by atoms with Crippen molar-refractivity contribution in [3.63, 3.8) is 0 Å². The van der Waals surface area contributed by atoms with Crippen LogP contribution in [0.2, 0.25) is 0 Å². The standard InChI is InChI=1S/C14H19N/c1-11(15)13-9-5-6-10-14(13)12-7-3-2-4-8-12/h5-7,9-11H,2-4,8,15H2,1H3. The van der Waals surface area contributed by atoms with Crippen LogP contribution < -0.4 is 5.73 Å². The molecule has 2 rings (SSSR count). The molecule has 0 amide bonds. The topological polar surface area (TPSA) is 26.0 Å². The highest BCUT2D eigenvalue weighted by atomic mass is 14.6. The van der Waals surface area contributed by atoms with Crippen LogP contribution in [0.4, 0.5) is 0 Å². The number of hydrogen-bond acceptors (Lipinski definition) is 1. The molecule has 2 N–H and O–H groups in total. The molecule has 0 fully saturated rings. The van der Waals surface area contributed by atoms with Crippen LogP contribution in [0, 0.1) is 0 Å². The average Bonchev–Trinajstić information content (AvgIpc) is 2.30. The summed E-state index contributed by atoms with van der Waals surface area (Å²) in [7, 11) is 0. The Morgan fingerprint density at radius 3 is 2.67 bits per heavy atom. The minimum Gasteiger partial charge on any atom is -0.324 e. The van der Waals surface area contributed by atoms with E-state index in [0.717, 1.165) is 0 Å². The fraction of sp³-hybridized carbons (Fsp3) is 0.429. The van der Waals surface area contributed by atoms with Gasteiger partial charge in [-0.25, -0.2) is 0 Å². The largest absolute Gasteiger partial charge is 0.324 e. The minimum absolute atomic E-state index is 0.129. The summed E-state index contributed by atoms with van der Waals surface area (Å²) in [4.78, 5) is 0. The van der Waals surface area contributed by atoms with E-state index in [0.29, 0.717) is 0 Å². The van der Waals surface area contributed by atoms with E-state index < -0.39 is 0 Å². The van der Waals surface area contributed by atoms with Crippen molar-refractivity contribution >= 4 is 5.57 Å². The van der Waals surface area contributed by atoms with Gasteiger partial charge in [0.15, 0.2) is 0 Å². The van der Waals surface area contributed by atoms with E-state index in [1.54, 1.807) is 0 Å². The predicted molar refractivity (Wildman–Crippen MR) is 65.5 cm³/mol. The Morgan fingerprint density at radius 2 is 2.00 bits per heavy atom. The van der Waals surface area contributed by atoms with Crippen molar-refractivity contribution in [3.8, 4) is 0 Å². The molecule has 1 nitrogen and oxygen atoms in total. The molecule has 1 aliphatic carbocycles. The zero-order chi connectivity index (χ0) is 10.7. The number of allylic oxidation sites excluding steroid dienone is 2.